The number of nitrogens with zero attached hydrogens (tertiary/aromatic N) is 3. The molecule has 0 N–H and O–H groups in total. The third kappa shape index (κ3) is 2.71. The van der Waals surface area contributed by atoms with Crippen LogP contribution in [0.4, 0.5) is 0 Å². The second-order valence-corrected chi connectivity index (χ2v) is 6.84. The van der Waals surface area contributed by atoms with Crippen LogP contribution in [0.25, 0.3) is 16.9 Å². The fourth-order valence-corrected chi connectivity index (χ4v) is 3.77. The van der Waals surface area contributed by atoms with Gasteiger partial charge in [0.25, 0.3) is 0 Å². The van der Waals surface area contributed by atoms with E-state index in [2.05, 4.69) is 35.8 Å². The Bertz CT molecular complexity index is 859. The van der Waals surface area contributed by atoms with E-state index in [1.54, 1.807) is 0 Å². The predicted octanol–water partition coefficient (Wildman–Crippen LogP) is 5.58. The summed E-state index contributed by atoms with van der Waals surface area (Å²) in [6.45, 7) is 10.5. The summed E-state index contributed by atoms with van der Waals surface area (Å²) in [5.41, 5.74) is 6.30. The van der Waals surface area contributed by atoms with Gasteiger partial charge in [-0.1, -0.05) is 13.8 Å². The highest BCUT2D eigenvalue weighted by molar-refractivity contribution is 9.10. The highest BCUT2D eigenvalue weighted by Crippen LogP contribution is 2.34. The second kappa shape index (κ2) is 6.11. The molecule has 4 nitrogen and oxygen atoms in total. The number of fused-ring (bicyclic) bond motifs is 1. The quantitative estimate of drug-likeness (QED) is 0.597. The summed E-state index contributed by atoms with van der Waals surface area (Å²) in [6.07, 6.45) is 2.21. The molecule has 0 aliphatic rings. The maximum Gasteiger partial charge on any atom is 0.170 e. The van der Waals surface area contributed by atoms with Gasteiger partial charge in [0.05, 0.1) is 17.1 Å². The molecule has 0 unspecified atom stereocenters. The van der Waals surface area contributed by atoms with E-state index in [1.165, 1.54) is 5.56 Å². The van der Waals surface area contributed by atoms with Crippen molar-refractivity contribution in [2.45, 2.75) is 53.4 Å². The Morgan fingerprint density at radius 3 is 2.43 bits per heavy atom. The average Bonchev–Trinajstić information content (AvgIpc) is 2.98. The van der Waals surface area contributed by atoms with Crippen molar-refractivity contribution in [1.29, 1.82) is 0 Å². The lowest BCUT2D eigenvalue weighted by atomic mass is 9.95. The van der Waals surface area contributed by atoms with E-state index in [9.17, 15) is 0 Å². The number of halogens is 1. The summed E-state index contributed by atoms with van der Waals surface area (Å²) in [5.74, 6) is 1.38. The monoisotopic (exact) mass is 375 g/mol. The Morgan fingerprint density at radius 2 is 1.87 bits per heavy atom. The summed E-state index contributed by atoms with van der Waals surface area (Å²) in [6, 6.07) is 4.17. The highest BCUT2D eigenvalue weighted by Gasteiger charge is 2.21. The number of hydrogen-bond donors (Lipinski definition) is 0. The van der Waals surface area contributed by atoms with Crippen LogP contribution in [0.1, 0.15) is 55.3 Å². The molecule has 3 aromatic heterocycles. The molecule has 122 valence electrons. The largest absolute Gasteiger partial charge is 0.454 e. The van der Waals surface area contributed by atoms with E-state index in [0.717, 1.165) is 51.6 Å². The van der Waals surface area contributed by atoms with Crippen LogP contribution in [-0.4, -0.2) is 14.6 Å². The summed E-state index contributed by atoms with van der Waals surface area (Å²) in [7, 11) is 0. The van der Waals surface area contributed by atoms with E-state index in [0.29, 0.717) is 5.92 Å². The first kappa shape index (κ1) is 16.2. The molecule has 0 aromatic carbocycles. The number of rotatable bonds is 4. The highest BCUT2D eigenvalue weighted by atomic mass is 79.9. The molecule has 3 aromatic rings. The van der Waals surface area contributed by atoms with Gasteiger partial charge in [0.2, 0.25) is 0 Å². The Hall–Kier alpha value is -1.62. The second-order valence-electron chi connectivity index (χ2n) is 6.06. The zero-order valence-electron chi connectivity index (χ0n) is 14.3. The maximum absolute atomic E-state index is 5.64. The third-order valence-electron chi connectivity index (χ3n) is 4.48. The molecule has 0 bridgehead atoms. The standard InChI is InChI=1S/C18H22BrN3O/c1-6-13(7-2)15-8-10(3)21-22-17(11(4)20-18(15)22)14-9-16(19)23-12(14)5/h8-9,13H,6-7H2,1-5H3. The van der Waals surface area contributed by atoms with Gasteiger partial charge < -0.3 is 4.42 Å². The van der Waals surface area contributed by atoms with Crippen molar-refractivity contribution in [3.05, 3.63) is 39.5 Å². The maximum atomic E-state index is 5.64. The molecular weight excluding hydrogens is 354 g/mol. The number of aromatic nitrogens is 3. The fraction of sp³-hybridized carbons (Fsp3) is 0.444. The zero-order valence-corrected chi connectivity index (χ0v) is 15.9. The minimum atomic E-state index is 0.506. The minimum absolute atomic E-state index is 0.506. The third-order valence-corrected chi connectivity index (χ3v) is 4.87. The smallest absolute Gasteiger partial charge is 0.170 e. The Labute approximate surface area is 145 Å². The van der Waals surface area contributed by atoms with Crippen LogP contribution in [0.15, 0.2) is 21.2 Å². The molecule has 0 aliphatic heterocycles. The first-order chi connectivity index (χ1) is 11.0. The van der Waals surface area contributed by atoms with Gasteiger partial charge in [-0.2, -0.15) is 5.10 Å². The molecule has 0 radical (unpaired) electrons. The Morgan fingerprint density at radius 1 is 1.17 bits per heavy atom. The normalized spacial score (nSPS) is 11.8. The first-order valence-electron chi connectivity index (χ1n) is 8.09. The SMILES string of the molecule is CCC(CC)c1cc(C)nn2c(-c3cc(Br)oc3C)c(C)nc12. The lowest BCUT2D eigenvalue weighted by Crippen LogP contribution is -2.05. The molecule has 0 fully saturated rings. The molecule has 0 amide bonds. The van der Waals surface area contributed by atoms with Gasteiger partial charge in [-0.25, -0.2) is 9.50 Å². The van der Waals surface area contributed by atoms with Gasteiger partial charge in [-0.15, -0.1) is 0 Å². The van der Waals surface area contributed by atoms with Crippen molar-refractivity contribution in [2.75, 3.05) is 0 Å². The van der Waals surface area contributed by atoms with Crippen LogP contribution >= 0.6 is 15.9 Å². The lowest BCUT2D eigenvalue weighted by Gasteiger charge is -2.14. The van der Waals surface area contributed by atoms with Gasteiger partial charge in [0, 0.05) is 17.2 Å². The number of aryl methyl sites for hydroxylation is 3. The van der Waals surface area contributed by atoms with Crippen LogP contribution in [0.5, 0.6) is 0 Å². The van der Waals surface area contributed by atoms with E-state index in [-0.39, 0.29) is 0 Å². The van der Waals surface area contributed by atoms with Crippen molar-refractivity contribution in [3.8, 4) is 11.3 Å². The molecule has 5 heteroatoms. The number of imidazole rings is 1. The van der Waals surface area contributed by atoms with Gasteiger partial charge in [-0.3, -0.25) is 0 Å². The zero-order chi connectivity index (χ0) is 16.7. The van der Waals surface area contributed by atoms with E-state index >= 15 is 0 Å². The summed E-state index contributed by atoms with van der Waals surface area (Å²) < 4.78 is 8.36. The number of furan rings is 1. The van der Waals surface area contributed by atoms with Crippen molar-refractivity contribution in [2.24, 2.45) is 0 Å². The van der Waals surface area contributed by atoms with Gasteiger partial charge in [-0.05, 0) is 61.5 Å². The van der Waals surface area contributed by atoms with Crippen LogP contribution in [0.2, 0.25) is 0 Å². The van der Waals surface area contributed by atoms with Crippen molar-refractivity contribution < 1.29 is 4.42 Å². The number of hydrogen-bond acceptors (Lipinski definition) is 3. The van der Waals surface area contributed by atoms with E-state index in [1.807, 2.05) is 31.4 Å². The summed E-state index contributed by atoms with van der Waals surface area (Å²) in [4.78, 5) is 4.84. The van der Waals surface area contributed by atoms with E-state index < -0.39 is 0 Å². The van der Waals surface area contributed by atoms with Crippen molar-refractivity contribution in [1.82, 2.24) is 14.6 Å². The first-order valence-corrected chi connectivity index (χ1v) is 8.88. The molecule has 0 spiro atoms. The molecule has 3 heterocycles. The summed E-state index contributed by atoms with van der Waals surface area (Å²) in [5, 5.41) is 4.73. The van der Waals surface area contributed by atoms with Crippen LogP contribution in [-0.2, 0) is 0 Å². The molecule has 23 heavy (non-hydrogen) atoms. The van der Waals surface area contributed by atoms with Crippen molar-refractivity contribution in [3.63, 3.8) is 0 Å². The Kier molecular flexibility index (Phi) is 4.32. The predicted molar refractivity (Wildman–Crippen MR) is 95.9 cm³/mol. The van der Waals surface area contributed by atoms with E-state index in [4.69, 9.17) is 14.5 Å². The summed E-state index contributed by atoms with van der Waals surface area (Å²) >= 11 is 3.41. The molecule has 0 aliphatic carbocycles. The van der Waals surface area contributed by atoms with Gasteiger partial charge >= 0.3 is 0 Å². The Balaban J connectivity index is 2.33. The molecule has 0 saturated carbocycles. The molecular formula is C18H22BrN3O. The van der Waals surface area contributed by atoms with Crippen LogP contribution < -0.4 is 0 Å². The molecule has 0 atom stereocenters. The van der Waals surface area contributed by atoms with Crippen LogP contribution in [0.3, 0.4) is 0 Å². The average molecular weight is 376 g/mol. The lowest BCUT2D eigenvalue weighted by molar-refractivity contribution is 0.511. The minimum Gasteiger partial charge on any atom is -0.454 e. The van der Waals surface area contributed by atoms with Gasteiger partial charge in [0.15, 0.2) is 10.3 Å². The topological polar surface area (TPSA) is 43.3 Å². The fourth-order valence-electron chi connectivity index (χ4n) is 3.30. The van der Waals surface area contributed by atoms with Gasteiger partial charge in [0.1, 0.15) is 5.76 Å². The van der Waals surface area contributed by atoms with Crippen molar-refractivity contribution >= 4 is 21.6 Å². The van der Waals surface area contributed by atoms with Crippen LogP contribution in [0, 0.1) is 20.8 Å². The molecule has 3 rings (SSSR count). The molecule has 0 saturated heterocycles.